The quantitative estimate of drug-likeness (QED) is 0.226. The summed E-state index contributed by atoms with van der Waals surface area (Å²) in [6.07, 6.45) is 0. The number of carbonyl (C=O) groups excluding carboxylic acids is 6. The van der Waals surface area contributed by atoms with Gasteiger partial charge < -0.3 is 18.9 Å². The normalized spacial score (nSPS) is 13.6. The molecular weight excluding hydrogens is 496 g/mol. The van der Waals surface area contributed by atoms with Gasteiger partial charge in [0.1, 0.15) is 11.5 Å². The molecule has 0 atom stereocenters. The van der Waals surface area contributed by atoms with Gasteiger partial charge in [0.15, 0.2) is 0 Å². The highest BCUT2D eigenvalue weighted by molar-refractivity contribution is 6.16. The molecule has 0 radical (unpaired) electrons. The van der Waals surface area contributed by atoms with Crippen LogP contribution in [0.5, 0.6) is 11.5 Å². The SMILES string of the molecule is O=C(Oc1ccc2ccc(OC(=O)c3ccc4c(c3)C(=O)OC4=O)cc2c1)c1ccc2c(c1)C(=O)OC2=O. The zero-order chi connectivity index (χ0) is 26.6. The molecule has 10 nitrogen and oxygen atoms in total. The maximum atomic E-state index is 12.6. The van der Waals surface area contributed by atoms with Crippen molar-refractivity contribution >= 4 is 46.6 Å². The van der Waals surface area contributed by atoms with Crippen LogP contribution in [-0.4, -0.2) is 35.8 Å². The molecule has 2 aliphatic heterocycles. The van der Waals surface area contributed by atoms with Crippen molar-refractivity contribution in [3.8, 4) is 11.5 Å². The third kappa shape index (κ3) is 3.86. The Kier molecular flexibility index (Phi) is 5.09. The monoisotopic (exact) mass is 508 g/mol. The standard InChI is InChI=1S/C28H12O10/c29-23(14-3-7-19-21(11-14)27(33)37-25(19)31)35-17-5-1-13-2-6-18(10-16(13)9-17)36-24(30)15-4-8-20-22(12-15)28(34)38-26(20)32/h1-12H. The fraction of sp³-hybridized carbons (Fsp3) is 0. The van der Waals surface area contributed by atoms with Crippen LogP contribution in [-0.2, 0) is 9.47 Å². The zero-order valence-corrected chi connectivity index (χ0v) is 19.0. The highest BCUT2D eigenvalue weighted by atomic mass is 16.6. The Labute approximate surface area is 212 Å². The maximum absolute atomic E-state index is 12.6. The summed E-state index contributed by atoms with van der Waals surface area (Å²) < 4.78 is 19.9. The first kappa shape index (κ1) is 22.8. The summed E-state index contributed by atoms with van der Waals surface area (Å²) in [7, 11) is 0. The maximum Gasteiger partial charge on any atom is 0.346 e. The number of hydrogen-bond acceptors (Lipinski definition) is 10. The van der Waals surface area contributed by atoms with E-state index in [1.54, 1.807) is 36.4 Å². The van der Waals surface area contributed by atoms with Crippen LogP contribution >= 0.6 is 0 Å². The van der Waals surface area contributed by atoms with Gasteiger partial charge in [-0.2, -0.15) is 0 Å². The molecule has 0 aliphatic carbocycles. The summed E-state index contributed by atoms with van der Waals surface area (Å²) in [5.74, 6) is -4.35. The van der Waals surface area contributed by atoms with Crippen molar-refractivity contribution in [2.24, 2.45) is 0 Å². The lowest BCUT2D eigenvalue weighted by atomic mass is 10.1. The largest absolute Gasteiger partial charge is 0.423 e. The molecule has 38 heavy (non-hydrogen) atoms. The molecule has 2 heterocycles. The third-order valence-corrected chi connectivity index (χ3v) is 5.97. The van der Waals surface area contributed by atoms with E-state index in [2.05, 4.69) is 9.47 Å². The van der Waals surface area contributed by atoms with Crippen molar-refractivity contribution in [3.05, 3.63) is 106 Å². The molecular formula is C28H12O10. The molecule has 0 fully saturated rings. The average Bonchev–Trinajstić information content (AvgIpc) is 3.36. The van der Waals surface area contributed by atoms with Gasteiger partial charge in [0.05, 0.1) is 33.4 Å². The molecule has 0 unspecified atom stereocenters. The zero-order valence-electron chi connectivity index (χ0n) is 19.0. The van der Waals surface area contributed by atoms with E-state index in [-0.39, 0.29) is 44.9 Å². The van der Waals surface area contributed by atoms with Crippen LogP contribution in [0.1, 0.15) is 62.1 Å². The molecule has 4 aromatic carbocycles. The van der Waals surface area contributed by atoms with Crippen LogP contribution in [0.4, 0.5) is 0 Å². The molecule has 4 aromatic rings. The van der Waals surface area contributed by atoms with Gasteiger partial charge in [-0.05, 0) is 71.4 Å². The van der Waals surface area contributed by atoms with E-state index in [9.17, 15) is 28.8 Å². The number of cyclic esters (lactones) is 4. The van der Waals surface area contributed by atoms with Crippen LogP contribution in [0.3, 0.4) is 0 Å². The van der Waals surface area contributed by atoms with Gasteiger partial charge in [0, 0.05) is 0 Å². The molecule has 0 spiro atoms. The van der Waals surface area contributed by atoms with Gasteiger partial charge in [0.2, 0.25) is 0 Å². The average molecular weight is 508 g/mol. The number of rotatable bonds is 4. The number of hydrogen-bond donors (Lipinski definition) is 0. The smallest absolute Gasteiger partial charge is 0.346 e. The Morgan fingerprint density at radius 1 is 0.474 bits per heavy atom. The lowest BCUT2D eigenvalue weighted by Crippen LogP contribution is -2.10. The van der Waals surface area contributed by atoms with E-state index in [1.807, 2.05) is 0 Å². The van der Waals surface area contributed by atoms with Crippen LogP contribution in [0.2, 0.25) is 0 Å². The fourth-order valence-electron chi connectivity index (χ4n) is 4.09. The summed E-state index contributed by atoms with van der Waals surface area (Å²) in [6.45, 7) is 0. The molecule has 0 aromatic heterocycles. The first-order valence-corrected chi connectivity index (χ1v) is 11.1. The molecule has 10 heteroatoms. The van der Waals surface area contributed by atoms with Crippen LogP contribution < -0.4 is 9.47 Å². The van der Waals surface area contributed by atoms with Crippen molar-refractivity contribution < 1.29 is 47.7 Å². The predicted molar refractivity (Wildman–Crippen MR) is 126 cm³/mol. The van der Waals surface area contributed by atoms with E-state index < -0.39 is 35.8 Å². The topological polar surface area (TPSA) is 139 Å². The summed E-state index contributed by atoms with van der Waals surface area (Å²) >= 11 is 0. The van der Waals surface area contributed by atoms with E-state index in [0.29, 0.717) is 5.39 Å². The Balaban J connectivity index is 1.21. The van der Waals surface area contributed by atoms with E-state index in [0.717, 1.165) is 5.39 Å². The summed E-state index contributed by atoms with van der Waals surface area (Å²) in [5, 5.41) is 1.36. The Bertz CT molecular complexity index is 1660. The van der Waals surface area contributed by atoms with Gasteiger partial charge in [-0.3, -0.25) is 0 Å². The molecule has 2 aliphatic rings. The number of ether oxygens (including phenoxy) is 4. The minimum absolute atomic E-state index is 0.0127. The second-order valence-electron chi connectivity index (χ2n) is 8.32. The first-order chi connectivity index (χ1) is 18.3. The first-order valence-electron chi connectivity index (χ1n) is 11.1. The van der Waals surface area contributed by atoms with Crippen molar-refractivity contribution in [1.82, 2.24) is 0 Å². The number of benzene rings is 4. The number of carbonyl (C=O) groups is 6. The highest BCUT2D eigenvalue weighted by Crippen LogP contribution is 2.28. The van der Waals surface area contributed by atoms with Gasteiger partial charge in [0.25, 0.3) is 0 Å². The number of fused-ring (bicyclic) bond motifs is 3. The van der Waals surface area contributed by atoms with Crippen LogP contribution in [0.15, 0.2) is 72.8 Å². The molecule has 6 rings (SSSR count). The second kappa shape index (κ2) is 8.49. The van der Waals surface area contributed by atoms with E-state index in [1.165, 1.54) is 36.4 Å². The van der Waals surface area contributed by atoms with Crippen LogP contribution in [0.25, 0.3) is 10.8 Å². The Morgan fingerprint density at radius 2 is 0.895 bits per heavy atom. The van der Waals surface area contributed by atoms with Crippen LogP contribution in [0, 0.1) is 0 Å². The third-order valence-electron chi connectivity index (χ3n) is 5.97. The summed E-state index contributed by atoms with van der Waals surface area (Å²) in [6, 6.07) is 17.5. The Hall–Kier alpha value is -5.64. The predicted octanol–water partition coefficient (Wildman–Crippen LogP) is 3.90. The molecule has 0 bridgehead atoms. The lowest BCUT2D eigenvalue weighted by Gasteiger charge is -2.09. The fourth-order valence-corrected chi connectivity index (χ4v) is 4.09. The second-order valence-corrected chi connectivity index (χ2v) is 8.32. The molecule has 0 N–H and O–H groups in total. The van der Waals surface area contributed by atoms with Crippen molar-refractivity contribution in [3.63, 3.8) is 0 Å². The summed E-state index contributed by atoms with van der Waals surface area (Å²) in [5.41, 5.74) is 0.235. The summed E-state index contributed by atoms with van der Waals surface area (Å²) in [4.78, 5) is 72.0. The molecule has 184 valence electrons. The molecule has 0 amide bonds. The molecule has 0 saturated carbocycles. The van der Waals surface area contributed by atoms with Gasteiger partial charge in [-0.15, -0.1) is 0 Å². The highest BCUT2D eigenvalue weighted by Gasteiger charge is 2.31. The lowest BCUT2D eigenvalue weighted by molar-refractivity contribution is 0.0425. The number of esters is 6. The Morgan fingerprint density at radius 3 is 1.34 bits per heavy atom. The van der Waals surface area contributed by atoms with Crippen molar-refractivity contribution in [2.75, 3.05) is 0 Å². The molecule has 0 saturated heterocycles. The van der Waals surface area contributed by atoms with Crippen molar-refractivity contribution in [1.29, 1.82) is 0 Å². The van der Waals surface area contributed by atoms with Gasteiger partial charge in [-0.1, -0.05) is 12.1 Å². The van der Waals surface area contributed by atoms with Crippen molar-refractivity contribution in [2.45, 2.75) is 0 Å². The van der Waals surface area contributed by atoms with E-state index >= 15 is 0 Å². The van der Waals surface area contributed by atoms with E-state index in [4.69, 9.17) is 9.47 Å². The van der Waals surface area contributed by atoms with Gasteiger partial charge >= 0.3 is 35.8 Å². The van der Waals surface area contributed by atoms with Gasteiger partial charge in [-0.25, -0.2) is 28.8 Å². The minimum Gasteiger partial charge on any atom is -0.423 e. The minimum atomic E-state index is -0.833.